The number of carbonyl (C=O) groups excluding carboxylic acids is 6. The van der Waals surface area contributed by atoms with Gasteiger partial charge < -0.3 is 24.9 Å². The lowest BCUT2D eigenvalue weighted by Gasteiger charge is -2.23. The third-order valence-electron chi connectivity index (χ3n) is 9.44. The minimum absolute atomic E-state index is 0.288. The van der Waals surface area contributed by atoms with Crippen LogP contribution in [0.5, 0.6) is 0 Å². The number of likely N-dealkylation sites (tertiary alicyclic amines) is 2. The van der Waals surface area contributed by atoms with Crippen LogP contribution in [-0.4, -0.2) is 75.2 Å². The Labute approximate surface area is 304 Å². The van der Waals surface area contributed by atoms with Crippen LogP contribution in [0.4, 0.5) is 11.4 Å². The van der Waals surface area contributed by atoms with Gasteiger partial charge >= 0.3 is 0 Å². The highest BCUT2D eigenvalue weighted by molar-refractivity contribution is 6.43. The van der Waals surface area contributed by atoms with Crippen LogP contribution in [0.15, 0.2) is 120 Å². The molecule has 0 spiro atoms. The third-order valence-corrected chi connectivity index (χ3v) is 9.44. The summed E-state index contributed by atoms with van der Waals surface area (Å²) in [5.74, 6) is -2.52. The lowest BCUT2D eigenvalue weighted by atomic mass is 10.1. The van der Waals surface area contributed by atoms with Crippen LogP contribution in [0, 0.1) is 0 Å². The van der Waals surface area contributed by atoms with E-state index in [1.165, 1.54) is 9.80 Å². The highest BCUT2D eigenvalue weighted by Gasteiger charge is 2.38. The first kappa shape index (κ1) is 34.7. The number of nitrogens with one attached hydrogen (secondary N) is 2. The van der Waals surface area contributed by atoms with Crippen LogP contribution in [0.25, 0.3) is 22.8 Å². The van der Waals surface area contributed by atoms with E-state index in [0.717, 1.165) is 5.56 Å². The van der Waals surface area contributed by atoms with Gasteiger partial charge in [-0.1, -0.05) is 60.7 Å². The second-order valence-electron chi connectivity index (χ2n) is 12.9. The zero-order chi connectivity index (χ0) is 36.9. The van der Waals surface area contributed by atoms with Gasteiger partial charge in [-0.15, -0.1) is 0 Å². The summed E-state index contributed by atoms with van der Waals surface area (Å²) in [5.41, 5.74) is 3.01. The third kappa shape index (κ3) is 7.52. The average Bonchev–Trinajstić information content (AvgIpc) is 4.00. The summed E-state index contributed by atoms with van der Waals surface area (Å²) in [7, 11) is 0. The number of carbonyl (C=O) groups is 6. The first-order valence-electron chi connectivity index (χ1n) is 17.4. The molecule has 2 aliphatic rings. The number of amides is 4. The molecule has 0 radical (unpaired) electrons. The minimum atomic E-state index is -0.749. The van der Waals surface area contributed by atoms with Crippen molar-refractivity contribution in [2.24, 2.45) is 0 Å². The van der Waals surface area contributed by atoms with Crippen LogP contribution in [0.2, 0.25) is 0 Å². The van der Waals surface area contributed by atoms with E-state index in [0.29, 0.717) is 67.4 Å². The fraction of sp³-hybridized carbons (Fsp3) is 0.195. The number of hydrogen-bond donors (Lipinski definition) is 2. The maximum atomic E-state index is 13.2. The lowest BCUT2D eigenvalue weighted by molar-refractivity contribution is -0.132. The maximum Gasteiger partial charge on any atom is 0.295 e. The number of Topliss-reactive ketones (excluding diaryl/α,β-unsaturated/α-hetero) is 2. The van der Waals surface area contributed by atoms with Gasteiger partial charge in [-0.3, -0.25) is 28.8 Å². The predicted octanol–water partition coefficient (Wildman–Crippen LogP) is 5.63. The molecule has 2 atom stereocenters. The summed E-state index contributed by atoms with van der Waals surface area (Å²) in [4.78, 5) is 84.8. The van der Waals surface area contributed by atoms with E-state index in [9.17, 15) is 28.8 Å². The summed E-state index contributed by atoms with van der Waals surface area (Å²) >= 11 is 0. The molecular formula is C41H35N5O7. The normalized spacial score (nSPS) is 16.6. The highest BCUT2D eigenvalue weighted by atomic mass is 16.4. The van der Waals surface area contributed by atoms with Gasteiger partial charge in [0, 0.05) is 46.7 Å². The van der Waals surface area contributed by atoms with Gasteiger partial charge in [-0.25, -0.2) is 4.98 Å². The number of nitrogens with zero attached hydrogens (tertiary/aromatic N) is 3. The second-order valence-corrected chi connectivity index (χ2v) is 12.9. The Bertz CT molecular complexity index is 2010. The Morgan fingerprint density at radius 1 is 0.566 bits per heavy atom. The molecule has 266 valence electrons. The molecular weight excluding hydrogens is 674 g/mol. The van der Waals surface area contributed by atoms with Crippen molar-refractivity contribution in [1.82, 2.24) is 14.8 Å². The van der Waals surface area contributed by atoms with Gasteiger partial charge in [0.1, 0.15) is 12.1 Å². The Balaban J connectivity index is 0.941. The van der Waals surface area contributed by atoms with E-state index >= 15 is 0 Å². The first-order valence-corrected chi connectivity index (χ1v) is 17.4. The molecule has 1 aromatic heterocycles. The summed E-state index contributed by atoms with van der Waals surface area (Å²) in [6.45, 7) is 0.665. The van der Waals surface area contributed by atoms with Gasteiger partial charge in [-0.05, 0) is 74.2 Å². The fourth-order valence-electron chi connectivity index (χ4n) is 6.66. The molecule has 2 aliphatic heterocycles. The Hall–Kier alpha value is -6.69. The van der Waals surface area contributed by atoms with Crippen LogP contribution < -0.4 is 10.6 Å². The number of oxazole rings is 1. The maximum absolute atomic E-state index is 13.2. The molecule has 3 heterocycles. The summed E-state index contributed by atoms with van der Waals surface area (Å²) in [6, 6.07) is 29.0. The molecule has 12 nitrogen and oxygen atoms in total. The Kier molecular flexibility index (Phi) is 10.0. The van der Waals surface area contributed by atoms with Crippen molar-refractivity contribution < 1.29 is 33.2 Å². The number of hydrogen-bond acceptors (Lipinski definition) is 8. The molecule has 53 heavy (non-hydrogen) atoms. The topological polar surface area (TPSA) is 159 Å². The molecule has 7 rings (SSSR count). The largest absolute Gasteiger partial charge is 0.436 e. The van der Waals surface area contributed by atoms with E-state index in [1.54, 1.807) is 115 Å². The van der Waals surface area contributed by atoms with Gasteiger partial charge in [0.25, 0.3) is 11.8 Å². The van der Waals surface area contributed by atoms with Crippen molar-refractivity contribution in [2.75, 3.05) is 23.7 Å². The van der Waals surface area contributed by atoms with Gasteiger partial charge in [-0.2, -0.15) is 0 Å². The number of ketones is 2. The van der Waals surface area contributed by atoms with Crippen molar-refractivity contribution in [1.29, 1.82) is 0 Å². The van der Waals surface area contributed by atoms with Crippen LogP contribution in [-0.2, 0) is 19.2 Å². The molecule has 5 aromatic rings. The molecule has 0 bridgehead atoms. The fourth-order valence-corrected chi connectivity index (χ4v) is 6.66. The van der Waals surface area contributed by atoms with Crippen LogP contribution in [0.1, 0.15) is 46.4 Å². The monoisotopic (exact) mass is 709 g/mol. The van der Waals surface area contributed by atoms with Gasteiger partial charge in [0.05, 0.1) is 6.20 Å². The smallest absolute Gasteiger partial charge is 0.295 e. The van der Waals surface area contributed by atoms with E-state index in [1.807, 2.05) is 0 Å². The van der Waals surface area contributed by atoms with Crippen LogP contribution >= 0.6 is 0 Å². The van der Waals surface area contributed by atoms with E-state index < -0.39 is 35.5 Å². The van der Waals surface area contributed by atoms with E-state index in [4.69, 9.17) is 4.42 Å². The standard InChI is InChI=1S/C41H35N5O7/c47-35(27-9-3-1-4-10-27)40(51)45-23-7-13-32(45)37(49)43-30-19-15-26(16-20-30)34-25-42-39(53-34)29-17-21-31(22-18-29)44-38(50)33-14-8-24-46(33)41(52)36(48)28-11-5-2-6-12-28/h1-6,9-12,15-22,25,32-33H,7-8,13-14,23-24H2,(H,43,49)(H,44,50)/t32-,33-/m0/s1. The van der Waals surface area contributed by atoms with Crippen molar-refractivity contribution in [3.63, 3.8) is 0 Å². The number of rotatable bonds is 10. The molecule has 2 N–H and O–H groups in total. The summed E-state index contributed by atoms with van der Waals surface area (Å²) in [6.07, 6.45) is 3.75. The number of benzene rings is 4. The van der Waals surface area contributed by atoms with Gasteiger partial charge in [0.15, 0.2) is 5.76 Å². The SMILES string of the molecule is O=C(C(=O)N1CCC[C@H]1C(=O)Nc1ccc(-c2cnc(-c3ccc(NC(=O)[C@@H]4CCCN4C(=O)C(=O)c4ccccc4)cc3)o2)cc1)c1ccccc1. The lowest BCUT2D eigenvalue weighted by Crippen LogP contribution is -2.46. The second kappa shape index (κ2) is 15.3. The van der Waals surface area contributed by atoms with Crippen LogP contribution in [0.3, 0.4) is 0 Å². The number of anilines is 2. The molecule has 0 aliphatic carbocycles. The molecule has 4 aromatic carbocycles. The molecule has 2 saturated heterocycles. The predicted molar refractivity (Wildman–Crippen MR) is 196 cm³/mol. The first-order chi connectivity index (χ1) is 25.8. The molecule has 0 unspecified atom stereocenters. The number of aromatic nitrogens is 1. The minimum Gasteiger partial charge on any atom is -0.436 e. The van der Waals surface area contributed by atoms with Crippen molar-refractivity contribution in [3.8, 4) is 22.8 Å². The molecule has 12 heteroatoms. The van der Waals surface area contributed by atoms with Crippen molar-refractivity contribution in [2.45, 2.75) is 37.8 Å². The van der Waals surface area contributed by atoms with Crippen molar-refractivity contribution in [3.05, 3.63) is 127 Å². The van der Waals surface area contributed by atoms with E-state index in [-0.39, 0.29) is 22.9 Å². The quantitative estimate of drug-likeness (QED) is 0.139. The molecule has 2 fully saturated rings. The molecule has 4 amide bonds. The summed E-state index contributed by atoms with van der Waals surface area (Å²) < 4.78 is 6.02. The average molecular weight is 710 g/mol. The zero-order valence-corrected chi connectivity index (χ0v) is 28.6. The molecule has 0 saturated carbocycles. The Morgan fingerprint density at radius 2 is 1.00 bits per heavy atom. The summed E-state index contributed by atoms with van der Waals surface area (Å²) in [5, 5.41) is 5.71. The van der Waals surface area contributed by atoms with Crippen molar-refractivity contribution >= 4 is 46.6 Å². The highest BCUT2D eigenvalue weighted by Crippen LogP contribution is 2.29. The van der Waals surface area contributed by atoms with Gasteiger partial charge in [0.2, 0.25) is 29.3 Å². The Morgan fingerprint density at radius 3 is 1.45 bits per heavy atom. The van der Waals surface area contributed by atoms with E-state index in [2.05, 4.69) is 15.6 Å². The zero-order valence-electron chi connectivity index (χ0n) is 28.6.